The Kier molecular flexibility index (Phi) is 6.54. The van der Waals surface area contributed by atoms with Crippen molar-refractivity contribution in [1.82, 2.24) is 5.32 Å². The molecule has 1 atom stereocenters. The Hall–Kier alpha value is -1.70. The first-order valence-corrected chi connectivity index (χ1v) is 7.45. The van der Waals surface area contributed by atoms with Gasteiger partial charge in [-0.15, -0.1) is 12.3 Å². The number of nitrogens with one attached hydrogen (secondary N) is 1. The zero-order valence-corrected chi connectivity index (χ0v) is 12.9. The van der Waals surface area contributed by atoms with E-state index >= 15 is 0 Å². The number of carboxylic acid groups (broad SMARTS) is 1. The lowest BCUT2D eigenvalue weighted by Gasteiger charge is -2.28. The van der Waals surface area contributed by atoms with Crippen molar-refractivity contribution < 1.29 is 19.4 Å². The van der Waals surface area contributed by atoms with Crippen molar-refractivity contribution in [1.29, 1.82) is 0 Å². The second-order valence-electron chi connectivity index (χ2n) is 6.48. The van der Waals surface area contributed by atoms with Crippen molar-refractivity contribution in [3.05, 3.63) is 0 Å². The van der Waals surface area contributed by atoms with Gasteiger partial charge in [0.2, 0.25) is 0 Å². The molecular weight excluding hydrogens is 270 g/mol. The smallest absolute Gasteiger partial charge is 0.407 e. The number of carboxylic acids is 1. The molecule has 5 nitrogen and oxygen atoms in total. The van der Waals surface area contributed by atoms with Gasteiger partial charge in [0, 0.05) is 11.8 Å². The maximum atomic E-state index is 11.8. The van der Waals surface area contributed by atoms with Crippen LogP contribution in [0.2, 0.25) is 0 Å². The van der Waals surface area contributed by atoms with Gasteiger partial charge in [0.25, 0.3) is 0 Å². The number of rotatable bonds is 6. The first kappa shape index (κ1) is 17.4. The van der Waals surface area contributed by atoms with Crippen molar-refractivity contribution in [2.75, 3.05) is 6.61 Å². The molecule has 0 aromatic heterocycles. The molecule has 5 heteroatoms. The normalized spacial score (nSPS) is 17.6. The lowest BCUT2D eigenvalue weighted by molar-refractivity contribution is -0.141. The number of hydrogen-bond acceptors (Lipinski definition) is 3. The molecular formula is C16H25NO4. The molecule has 118 valence electrons. The number of hydrogen-bond donors (Lipinski definition) is 2. The van der Waals surface area contributed by atoms with E-state index in [4.69, 9.17) is 11.2 Å². The summed E-state index contributed by atoms with van der Waals surface area (Å²) in [7, 11) is 0. The zero-order valence-electron chi connectivity index (χ0n) is 12.9. The SMILES string of the molecule is C#CCC(C)(C)COC(=O)N[C@H](C(=O)O)C1CCCCC1. The van der Waals surface area contributed by atoms with Gasteiger partial charge in [-0.25, -0.2) is 9.59 Å². The molecule has 1 saturated carbocycles. The van der Waals surface area contributed by atoms with Crippen LogP contribution in [0.4, 0.5) is 4.79 Å². The van der Waals surface area contributed by atoms with E-state index in [9.17, 15) is 14.7 Å². The fourth-order valence-corrected chi connectivity index (χ4v) is 2.61. The topological polar surface area (TPSA) is 75.6 Å². The van der Waals surface area contributed by atoms with Crippen LogP contribution in [0.3, 0.4) is 0 Å². The summed E-state index contributed by atoms with van der Waals surface area (Å²) >= 11 is 0. The zero-order chi connectivity index (χ0) is 15.9. The third-order valence-electron chi connectivity index (χ3n) is 3.84. The Morgan fingerprint density at radius 2 is 2.00 bits per heavy atom. The van der Waals surface area contributed by atoms with Crippen LogP contribution in [0.1, 0.15) is 52.4 Å². The number of carbonyl (C=O) groups is 2. The monoisotopic (exact) mass is 295 g/mol. The maximum Gasteiger partial charge on any atom is 0.407 e. The van der Waals surface area contributed by atoms with Crippen molar-refractivity contribution in [2.24, 2.45) is 11.3 Å². The molecule has 1 fully saturated rings. The molecule has 0 heterocycles. The van der Waals surface area contributed by atoms with Crippen LogP contribution in [0.15, 0.2) is 0 Å². The van der Waals surface area contributed by atoms with Gasteiger partial charge in [0.05, 0.1) is 6.61 Å². The molecule has 2 N–H and O–H groups in total. The molecule has 1 aliphatic rings. The maximum absolute atomic E-state index is 11.8. The average Bonchev–Trinajstić information content (AvgIpc) is 2.43. The molecule has 1 rings (SSSR count). The second kappa shape index (κ2) is 7.92. The molecule has 1 aliphatic carbocycles. The first-order chi connectivity index (χ1) is 9.85. The lowest BCUT2D eigenvalue weighted by Crippen LogP contribution is -2.47. The summed E-state index contributed by atoms with van der Waals surface area (Å²) in [4.78, 5) is 23.1. The first-order valence-electron chi connectivity index (χ1n) is 7.45. The number of amides is 1. The highest BCUT2D eigenvalue weighted by Crippen LogP contribution is 2.27. The van der Waals surface area contributed by atoms with Crippen molar-refractivity contribution >= 4 is 12.1 Å². The summed E-state index contributed by atoms with van der Waals surface area (Å²) in [5.41, 5.74) is -0.310. The molecule has 0 unspecified atom stereocenters. The summed E-state index contributed by atoms with van der Waals surface area (Å²) in [6, 6.07) is -0.867. The van der Waals surface area contributed by atoms with Crippen LogP contribution < -0.4 is 5.32 Å². The lowest BCUT2D eigenvalue weighted by atomic mass is 9.84. The van der Waals surface area contributed by atoms with Gasteiger partial charge < -0.3 is 15.2 Å². The molecule has 0 spiro atoms. The predicted octanol–water partition coefficient (Wildman–Crippen LogP) is 2.80. The van der Waals surface area contributed by atoms with E-state index in [0.29, 0.717) is 6.42 Å². The highest BCUT2D eigenvalue weighted by atomic mass is 16.5. The molecule has 0 aromatic rings. The summed E-state index contributed by atoms with van der Waals surface area (Å²) in [5, 5.41) is 11.8. The number of aliphatic carboxylic acids is 1. The standard InChI is InChI=1S/C16H25NO4/c1-4-10-16(2,3)11-21-15(20)17-13(14(18)19)12-8-6-5-7-9-12/h1,12-13H,5-11H2,2-3H3,(H,17,20)(H,18,19)/t13-/m0/s1. The Balaban J connectivity index is 2.49. The molecule has 0 aliphatic heterocycles. The van der Waals surface area contributed by atoms with Gasteiger partial charge in [0.1, 0.15) is 6.04 Å². The Bertz CT molecular complexity index is 405. The van der Waals surface area contributed by atoms with Crippen LogP contribution in [0.5, 0.6) is 0 Å². The molecule has 0 aromatic carbocycles. The van der Waals surface area contributed by atoms with Crippen LogP contribution in [0.25, 0.3) is 0 Å². The Morgan fingerprint density at radius 3 is 2.52 bits per heavy atom. The van der Waals surface area contributed by atoms with Gasteiger partial charge in [-0.1, -0.05) is 33.1 Å². The van der Waals surface area contributed by atoms with E-state index in [-0.39, 0.29) is 17.9 Å². The average molecular weight is 295 g/mol. The highest BCUT2D eigenvalue weighted by Gasteiger charge is 2.31. The predicted molar refractivity (Wildman–Crippen MR) is 79.7 cm³/mol. The number of terminal acetylenes is 1. The van der Waals surface area contributed by atoms with E-state index in [2.05, 4.69) is 11.2 Å². The van der Waals surface area contributed by atoms with Crippen molar-refractivity contribution in [3.63, 3.8) is 0 Å². The molecule has 0 saturated heterocycles. The van der Waals surface area contributed by atoms with Gasteiger partial charge in [0.15, 0.2) is 0 Å². The third kappa shape index (κ3) is 6.07. The Labute approximate surface area is 126 Å². The number of ether oxygens (including phenoxy) is 1. The van der Waals surface area contributed by atoms with E-state index < -0.39 is 18.1 Å². The highest BCUT2D eigenvalue weighted by molar-refractivity contribution is 5.80. The van der Waals surface area contributed by atoms with Crippen LogP contribution in [0, 0.1) is 23.7 Å². The van der Waals surface area contributed by atoms with Crippen LogP contribution >= 0.6 is 0 Å². The third-order valence-corrected chi connectivity index (χ3v) is 3.84. The van der Waals surface area contributed by atoms with E-state index in [1.165, 1.54) is 0 Å². The Morgan fingerprint density at radius 1 is 1.38 bits per heavy atom. The van der Waals surface area contributed by atoms with Crippen molar-refractivity contribution in [2.45, 2.75) is 58.4 Å². The van der Waals surface area contributed by atoms with Crippen LogP contribution in [-0.4, -0.2) is 29.8 Å². The minimum absolute atomic E-state index is 0.0116. The van der Waals surface area contributed by atoms with Crippen LogP contribution in [-0.2, 0) is 9.53 Å². The van der Waals surface area contributed by atoms with Gasteiger partial charge in [-0.3, -0.25) is 0 Å². The minimum atomic E-state index is -0.998. The van der Waals surface area contributed by atoms with E-state index in [1.54, 1.807) is 0 Å². The quantitative estimate of drug-likeness (QED) is 0.739. The fourth-order valence-electron chi connectivity index (χ4n) is 2.61. The summed E-state index contributed by atoms with van der Waals surface area (Å²) in [6.07, 6.45) is 9.89. The molecule has 21 heavy (non-hydrogen) atoms. The molecule has 0 radical (unpaired) electrons. The van der Waals surface area contributed by atoms with Crippen molar-refractivity contribution in [3.8, 4) is 12.3 Å². The summed E-state index contributed by atoms with van der Waals surface area (Å²) in [5.74, 6) is 1.53. The van der Waals surface area contributed by atoms with Gasteiger partial charge in [-0.2, -0.15) is 0 Å². The molecule has 0 bridgehead atoms. The molecule has 1 amide bonds. The largest absolute Gasteiger partial charge is 0.480 e. The van der Waals surface area contributed by atoms with E-state index in [1.807, 2.05) is 13.8 Å². The van der Waals surface area contributed by atoms with E-state index in [0.717, 1.165) is 32.1 Å². The summed E-state index contributed by atoms with van der Waals surface area (Å²) in [6.45, 7) is 3.96. The fraction of sp³-hybridized carbons (Fsp3) is 0.750. The van der Waals surface area contributed by atoms with Gasteiger partial charge in [-0.05, 0) is 18.8 Å². The number of alkyl carbamates (subject to hydrolysis) is 1. The van der Waals surface area contributed by atoms with Gasteiger partial charge >= 0.3 is 12.1 Å². The second-order valence-corrected chi connectivity index (χ2v) is 6.48. The minimum Gasteiger partial charge on any atom is -0.480 e. The number of carbonyl (C=O) groups excluding carboxylic acids is 1. The summed E-state index contributed by atoms with van der Waals surface area (Å²) < 4.78 is 5.12.